The number of imidazole rings is 1. The number of esters is 1. The van der Waals surface area contributed by atoms with Gasteiger partial charge in [-0.15, -0.1) is 5.10 Å². The second kappa shape index (κ2) is 9.12. The van der Waals surface area contributed by atoms with Crippen molar-refractivity contribution in [1.29, 1.82) is 0 Å². The maximum atomic E-state index is 12.5. The number of fused-ring (bicyclic) bond motifs is 1. The Morgan fingerprint density at radius 1 is 1.12 bits per heavy atom. The number of aryl methyl sites for hydroxylation is 1. The Balaban J connectivity index is 1.50. The molecule has 0 aliphatic carbocycles. The van der Waals surface area contributed by atoms with E-state index in [1.165, 1.54) is 26.4 Å². The van der Waals surface area contributed by atoms with Crippen molar-refractivity contribution in [3.63, 3.8) is 0 Å². The van der Waals surface area contributed by atoms with Gasteiger partial charge in [-0.2, -0.15) is 0 Å². The first kappa shape index (κ1) is 22.6. The third-order valence-electron chi connectivity index (χ3n) is 5.16. The average Bonchev–Trinajstić information content (AvgIpc) is 3.41. The molecule has 0 radical (unpaired) electrons. The van der Waals surface area contributed by atoms with Gasteiger partial charge in [0.05, 0.1) is 28.7 Å². The molecule has 10 nitrogen and oxygen atoms in total. The van der Waals surface area contributed by atoms with Crippen molar-refractivity contribution in [2.75, 3.05) is 14.1 Å². The number of hydrogen-bond acceptors (Lipinski definition) is 7. The van der Waals surface area contributed by atoms with Crippen molar-refractivity contribution < 1.29 is 17.9 Å². The summed E-state index contributed by atoms with van der Waals surface area (Å²) in [6.45, 7) is 2.93. The lowest BCUT2D eigenvalue weighted by Crippen LogP contribution is -2.22. The van der Waals surface area contributed by atoms with Crippen LogP contribution in [0.5, 0.6) is 0 Å². The van der Waals surface area contributed by atoms with Gasteiger partial charge in [0.15, 0.2) is 5.69 Å². The monoisotopic (exact) mass is 468 g/mol. The van der Waals surface area contributed by atoms with Gasteiger partial charge in [-0.1, -0.05) is 35.5 Å². The number of nitrogens with zero attached hydrogens (tertiary/aromatic N) is 6. The molecule has 2 heterocycles. The van der Waals surface area contributed by atoms with E-state index in [9.17, 15) is 13.2 Å². The highest BCUT2D eigenvalue weighted by Crippen LogP contribution is 2.22. The minimum Gasteiger partial charge on any atom is -0.453 e. The summed E-state index contributed by atoms with van der Waals surface area (Å²) in [5.41, 5.74) is 2.41. The van der Waals surface area contributed by atoms with Crippen molar-refractivity contribution >= 4 is 27.0 Å². The number of carbonyl (C=O) groups is 1. The molecule has 0 bridgehead atoms. The topological polar surface area (TPSA) is 112 Å². The fourth-order valence-corrected chi connectivity index (χ4v) is 4.36. The predicted molar refractivity (Wildman–Crippen MR) is 121 cm³/mol. The molecule has 0 unspecified atom stereocenters. The van der Waals surface area contributed by atoms with Crippen molar-refractivity contribution in [3.8, 4) is 0 Å². The molecular formula is C22H24N6O4S. The number of hydrogen-bond donors (Lipinski definition) is 0. The van der Waals surface area contributed by atoms with Gasteiger partial charge in [0.25, 0.3) is 0 Å². The van der Waals surface area contributed by atoms with Crippen LogP contribution in [-0.2, 0) is 34.5 Å². The zero-order valence-corrected chi connectivity index (χ0v) is 19.4. The molecule has 0 atom stereocenters. The van der Waals surface area contributed by atoms with Crippen molar-refractivity contribution in [2.45, 2.75) is 31.5 Å². The zero-order valence-electron chi connectivity index (χ0n) is 18.5. The quantitative estimate of drug-likeness (QED) is 0.365. The Hall–Kier alpha value is -3.57. The number of sulfonamides is 1. The molecule has 11 heteroatoms. The van der Waals surface area contributed by atoms with Crippen LogP contribution in [0.2, 0.25) is 0 Å². The highest BCUT2D eigenvalue weighted by atomic mass is 32.2. The van der Waals surface area contributed by atoms with Gasteiger partial charge in [-0.05, 0) is 30.7 Å². The normalized spacial score (nSPS) is 11.9. The van der Waals surface area contributed by atoms with Gasteiger partial charge in [0, 0.05) is 20.6 Å². The smallest absolute Gasteiger partial charge is 0.360 e. The molecule has 4 rings (SSSR count). The maximum Gasteiger partial charge on any atom is 0.360 e. The fourth-order valence-electron chi connectivity index (χ4n) is 3.44. The van der Waals surface area contributed by atoms with Gasteiger partial charge in [0.2, 0.25) is 10.0 Å². The highest BCUT2D eigenvalue weighted by molar-refractivity contribution is 7.89. The molecule has 33 heavy (non-hydrogen) atoms. The summed E-state index contributed by atoms with van der Waals surface area (Å²) in [5, 5.41) is 7.89. The van der Waals surface area contributed by atoms with E-state index in [1.54, 1.807) is 16.8 Å². The van der Waals surface area contributed by atoms with E-state index in [0.29, 0.717) is 24.4 Å². The average molecular weight is 469 g/mol. The first-order valence-electron chi connectivity index (χ1n) is 10.3. The van der Waals surface area contributed by atoms with Gasteiger partial charge in [-0.25, -0.2) is 27.2 Å². The Morgan fingerprint density at radius 2 is 1.88 bits per heavy atom. The molecule has 0 aliphatic rings. The lowest BCUT2D eigenvalue weighted by atomic mass is 10.2. The van der Waals surface area contributed by atoms with Crippen LogP contribution >= 0.6 is 0 Å². The van der Waals surface area contributed by atoms with E-state index in [2.05, 4.69) is 15.3 Å². The van der Waals surface area contributed by atoms with Gasteiger partial charge < -0.3 is 9.30 Å². The molecule has 0 saturated heterocycles. The van der Waals surface area contributed by atoms with E-state index >= 15 is 0 Å². The van der Waals surface area contributed by atoms with Crippen LogP contribution in [0.15, 0.2) is 59.6 Å². The fraction of sp³-hybridized carbons (Fsp3) is 0.273. The minimum absolute atomic E-state index is 0.0807. The van der Waals surface area contributed by atoms with Gasteiger partial charge >= 0.3 is 5.97 Å². The van der Waals surface area contributed by atoms with Crippen LogP contribution in [0.3, 0.4) is 0 Å². The SMILES string of the molecule is CCn1c(COC(=O)c2cn(Cc3ccccc3)nn2)nc2cc(S(=O)(=O)N(C)C)ccc21. The number of carbonyl (C=O) groups excluding carboxylic acids is 1. The van der Waals surface area contributed by atoms with Crippen LogP contribution in [0, 0.1) is 0 Å². The Morgan fingerprint density at radius 3 is 2.58 bits per heavy atom. The standard InChI is InChI=1S/C22H24N6O4S/c1-4-28-20-11-10-17(33(30,31)26(2)3)12-18(20)23-21(28)15-32-22(29)19-14-27(25-24-19)13-16-8-6-5-7-9-16/h5-12,14H,4,13,15H2,1-3H3. The largest absolute Gasteiger partial charge is 0.453 e. The molecule has 0 saturated carbocycles. The Kier molecular flexibility index (Phi) is 6.25. The summed E-state index contributed by atoms with van der Waals surface area (Å²) in [5.74, 6) is -0.100. The van der Waals surface area contributed by atoms with Crippen molar-refractivity contribution in [3.05, 3.63) is 71.8 Å². The molecule has 172 valence electrons. The summed E-state index contributed by atoms with van der Waals surface area (Å²) in [4.78, 5) is 17.2. The highest BCUT2D eigenvalue weighted by Gasteiger charge is 2.20. The molecule has 0 spiro atoms. The lowest BCUT2D eigenvalue weighted by molar-refractivity contribution is 0.0451. The van der Waals surface area contributed by atoms with Gasteiger partial charge in [-0.3, -0.25) is 0 Å². The van der Waals surface area contributed by atoms with E-state index < -0.39 is 16.0 Å². The molecule has 2 aromatic heterocycles. The van der Waals surface area contributed by atoms with Crippen LogP contribution < -0.4 is 0 Å². The van der Waals surface area contributed by atoms with Crippen molar-refractivity contribution in [2.24, 2.45) is 0 Å². The molecular weight excluding hydrogens is 444 g/mol. The van der Waals surface area contributed by atoms with Crippen molar-refractivity contribution in [1.82, 2.24) is 28.9 Å². The molecule has 2 aromatic carbocycles. The summed E-state index contributed by atoms with van der Waals surface area (Å²) in [6.07, 6.45) is 1.54. The molecule has 4 aromatic rings. The number of ether oxygens (including phenoxy) is 1. The second-order valence-electron chi connectivity index (χ2n) is 7.57. The van der Waals surface area contributed by atoms with E-state index in [-0.39, 0.29) is 17.2 Å². The molecule has 0 fully saturated rings. The number of aromatic nitrogens is 5. The predicted octanol–water partition coefficient (Wildman–Crippen LogP) is 2.30. The zero-order chi connectivity index (χ0) is 23.6. The van der Waals surface area contributed by atoms with E-state index in [1.807, 2.05) is 41.8 Å². The minimum atomic E-state index is -3.58. The van der Waals surface area contributed by atoms with Gasteiger partial charge in [0.1, 0.15) is 12.4 Å². The molecule has 0 N–H and O–H groups in total. The first-order valence-corrected chi connectivity index (χ1v) is 11.8. The Labute approximate surface area is 191 Å². The lowest BCUT2D eigenvalue weighted by Gasteiger charge is -2.11. The number of benzene rings is 2. The third kappa shape index (κ3) is 4.64. The van der Waals surface area contributed by atoms with E-state index in [4.69, 9.17) is 4.74 Å². The molecule has 0 amide bonds. The summed E-state index contributed by atoms with van der Waals surface area (Å²) >= 11 is 0. The van der Waals surface area contributed by atoms with Crippen LogP contribution in [0.25, 0.3) is 11.0 Å². The summed E-state index contributed by atoms with van der Waals surface area (Å²) < 4.78 is 34.9. The summed E-state index contributed by atoms with van der Waals surface area (Å²) in [6, 6.07) is 14.5. The van der Waals surface area contributed by atoms with Crippen LogP contribution in [-0.4, -0.2) is 57.3 Å². The van der Waals surface area contributed by atoms with Crippen LogP contribution in [0.4, 0.5) is 0 Å². The maximum absolute atomic E-state index is 12.5. The van der Waals surface area contributed by atoms with E-state index in [0.717, 1.165) is 15.4 Å². The number of rotatable bonds is 8. The Bertz CT molecular complexity index is 1390. The second-order valence-corrected chi connectivity index (χ2v) is 9.73. The third-order valence-corrected chi connectivity index (χ3v) is 6.97. The van der Waals surface area contributed by atoms with Crippen LogP contribution in [0.1, 0.15) is 28.8 Å². The molecule has 0 aliphatic heterocycles. The summed E-state index contributed by atoms with van der Waals surface area (Å²) in [7, 11) is -0.625. The first-order chi connectivity index (χ1) is 15.8.